The van der Waals surface area contributed by atoms with E-state index < -0.39 is 0 Å². The fourth-order valence-corrected chi connectivity index (χ4v) is 4.54. The van der Waals surface area contributed by atoms with E-state index in [1.807, 2.05) is 48.1 Å². The Kier molecular flexibility index (Phi) is 6.10. The molecule has 0 radical (unpaired) electrons. The maximum Gasteiger partial charge on any atom is 0.240 e. The third-order valence-corrected chi connectivity index (χ3v) is 6.73. The van der Waals surface area contributed by atoms with Crippen LogP contribution in [0.3, 0.4) is 0 Å². The van der Waals surface area contributed by atoms with Crippen LogP contribution in [0.4, 0.5) is 17.5 Å². The topological polar surface area (TPSA) is 117 Å². The van der Waals surface area contributed by atoms with Crippen LogP contribution in [0.25, 0.3) is 16.9 Å². The standard InChI is InChI=1S/C23H21ClN8O2S/c1-31-7-6-26-23(31)35-19-5-4-13(8-17(19)24)18-12-32-21(29-22(25)30-32)20(28-18)27-14-9-15(33-2)11-16(10-14)34-3/h4-12H,1-3H3,(H2,25,30)(H,27,28). The van der Waals surface area contributed by atoms with Gasteiger partial charge in [0, 0.05) is 53.8 Å². The molecule has 3 heterocycles. The number of benzene rings is 2. The highest BCUT2D eigenvalue weighted by Gasteiger charge is 2.15. The number of methoxy groups -OCH3 is 2. The molecule has 0 unspecified atom stereocenters. The predicted octanol–water partition coefficient (Wildman–Crippen LogP) is 4.67. The molecule has 0 fully saturated rings. The van der Waals surface area contributed by atoms with Crippen LogP contribution in [-0.2, 0) is 7.05 Å². The highest BCUT2D eigenvalue weighted by Crippen LogP contribution is 2.35. The van der Waals surface area contributed by atoms with E-state index in [4.69, 9.17) is 31.8 Å². The van der Waals surface area contributed by atoms with Gasteiger partial charge in [-0.15, -0.1) is 5.10 Å². The zero-order chi connectivity index (χ0) is 24.5. The molecular formula is C23H21ClN8O2S. The Morgan fingerprint density at radius 1 is 1.06 bits per heavy atom. The Morgan fingerprint density at radius 3 is 2.49 bits per heavy atom. The molecule has 0 aliphatic carbocycles. The Bertz CT molecular complexity index is 1510. The van der Waals surface area contributed by atoms with Crippen LogP contribution in [0, 0.1) is 0 Å². The fraction of sp³-hybridized carbons (Fsp3) is 0.130. The number of nitrogens with two attached hydrogens (primary N) is 1. The van der Waals surface area contributed by atoms with Gasteiger partial charge in [0.05, 0.1) is 31.1 Å². The van der Waals surface area contributed by atoms with Crippen LogP contribution in [0.5, 0.6) is 11.5 Å². The van der Waals surface area contributed by atoms with Gasteiger partial charge in [-0.3, -0.25) is 0 Å². The van der Waals surface area contributed by atoms with E-state index in [0.717, 1.165) is 15.6 Å². The summed E-state index contributed by atoms with van der Waals surface area (Å²) in [6.45, 7) is 0. The summed E-state index contributed by atoms with van der Waals surface area (Å²) in [5, 5.41) is 8.99. The van der Waals surface area contributed by atoms with Crippen molar-refractivity contribution in [2.24, 2.45) is 7.05 Å². The van der Waals surface area contributed by atoms with Gasteiger partial charge in [-0.1, -0.05) is 29.4 Å². The summed E-state index contributed by atoms with van der Waals surface area (Å²) in [7, 11) is 5.12. The number of hydrogen-bond acceptors (Lipinski definition) is 9. The lowest BCUT2D eigenvalue weighted by atomic mass is 10.1. The van der Waals surface area contributed by atoms with Crippen molar-refractivity contribution in [3.05, 3.63) is 60.0 Å². The molecule has 2 aromatic carbocycles. The molecule has 3 aromatic heterocycles. The number of nitrogens with one attached hydrogen (secondary N) is 1. The molecule has 178 valence electrons. The van der Waals surface area contributed by atoms with Crippen LogP contribution in [0.2, 0.25) is 5.02 Å². The minimum absolute atomic E-state index is 0.134. The number of rotatable bonds is 7. The van der Waals surface area contributed by atoms with E-state index in [2.05, 4.69) is 20.4 Å². The van der Waals surface area contributed by atoms with Crippen molar-refractivity contribution in [1.82, 2.24) is 29.1 Å². The fourth-order valence-electron chi connectivity index (χ4n) is 3.44. The van der Waals surface area contributed by atoms with Crippen molar-refractivity contribution >= 4 is 46.5 Å². The van der Waals surface area contributed by atoms with E-state index >= 15 is 0 Å². The summed E-state index contributed by atoms with van der Waals surface area (Å²) in [6, 6.07) is 11.2. The summed E-state index contributed by atoms with van der Waals surface area (Å²) >= 11 is 8.11. The van der Waals surface area contributed by atoms with Crippen molar-refractivity contribution in [3.8, 4) is 22.8 Å². The molecule has 0 saturated heterocycles. The summed E-state index contributed by atoms with van der Waals surface area (Å²) in [5.74, 6) is 1.86. The van der Waals surface area contributed by atoms with Gasteiger partial charge >= 0.3 is 0 Å². The average Bonchev–Trinajstić information content (AvgIpc) is 3.44. The van der Waals surface area contributed by atoms with Crippen LogP contribution in [0.1, 0.15) is 0 Å². The lowest BCUT2D eigenvalue weighted by Gasteiger charge is -2.12. The Labute approximate surface area is 210 Å². The number of fused-ring (bicyclic) bond motifs is 1. The molecule has 0 bridgehead atoms. The minimum atomic E-state index is 0.134. The molecule has 0 amide bonds. The molecule has 0 atom stereocenters. The number of anilines is 3. The van der Waals surface area contributed by atoms with Gasteiger partial charge in [-0.05, 0) is 12.1 Å². The number of aryl methyl sites for hydroxylation is 1. The zero-order valence-corrected chi connectivity index (χ0v) is 20.6. The second-order valence-corrected chi connectivity index (χ2v) is 8.92. The minimum Gasteiger partial charge on any atom is -0.497 e. The van der Waals surface area contributed by atoms with E-state index in [-0.39, 0.29) is 5.95 Å². The average molecular weight is 509 g/mol. The number of imidazole rings is 1. The first-order chi connectivity index (χ1) is 16.9. The second kappa shape index (κ2) is 9.35. The van der Waals surface area contributed by atoms with Gasteiger partial charge < -0.3 is 25.1 Å². The Morgan fingerprint density at radius 2 is 1.83 bits per heavy atom. The number of nitrogens with zero attached hydrogens (tertiary/aromatic N) is 6. The van der Waals surface area contributed by atoms with Gasteiger partial charge in [0.1, 0.15) is 11.5 Å². The highest BCUT2D eigenvalue weighted by atomic mass is 35.5. The summed E-state index contributed by atoms with van der Waals surface area (Å²) in [5.41, 5.74) is 8.50. The van der Waals surface area contributed by atoms with Crippen molar-refractivity contribution in [3.63, 3.8) is 0 Å². The number of halogens is 1. The smallest absolute Gasteiger partial charge is 0.240 e. The first kappa shape index (κ1) is 22.8. The maximum absolute atomic E-state index is 6.62. The quantitative estimate of drug-likeness (QED) is 0.323. The zero-order valence-electron chi connectivity index (χ0n) is 19.1. The number of nitrogen functional groups attached to an aromatic ring is 1. The summed E-state index contributed by atoms with van der Waals surface area (Å²) in [4.78, 5) is 14.3. The van der Waals surface area contributed by atoms with Gasteiger partial charge in [0.15, 0.2) is 11.0 Å². The number of hydrogen-bond donors (Lipinski definition) is 2. The number of ether oxygens (including phenoxy) is 2. The van der Waals surface area contributed by atoms with E-state index in [9.17, 15) is 0 Å². The van der Waals surface area contributed by atoms with Crippen molar-refractivity contribution in [2.75, 3.05) is 25.3 Å². The molecule has 5 rings (SSSR count). The van der Waals surface area contributed by atoms with Crippen LogP contribution >= 0.6 is 23.4 Å². The Balaban J connectivity index is 1.53. The number of aromatic nitrogens is 6. The maximum atomic E-state index is 6.62. The Hall–Kier alpha value is -3.96. The molecule has 12 heteroatoms. The molecule has 0 aliphatic heterocycles. The normalized spacial score (nSPS) is 11.1. The van der Waals surface area contributed by atoms with Crippen LogP contribution < -0.4 is 20.5 Å². The van der Waals surface area contributed by atoms with E-state index in [0.29, 0.717) is 39.4 Å². The molecule has 5 aromatic rings. The molecule has 3 N–H and O–H groups in total. The van der Waals surface area contributed by atoms with E-state index in [1.165, 1.54) is 11.8 Å². The first-order valence-electron chi connectivity index (χ1n) is 10.4. The van der Waals surface area contributed by atoms with Gasteiger partial charge in [-0.25, -0.2) is 14.5 Å². The molecular weight excluding hydrogens is 488 g/mol. The third-order valence-electron chi connectivity index (χ3n) is 5.16. The monoisotopic (exact) mass is 508 g/mol. The lowest BCUT2D eigenvalue weighted by molar-refractivity contribution is 0.395. The highest BCUT2D eigenvalue weighted by molar-refractivity contribution is 7.99. The predicted molar refractivity (Wildman–Crippen MR) is 136 cm³/mol. The second-order valence-electron chi connectivity index (χ2n) is 7.51. The van der Waals surface area contributed by atoms with Gasteiger partial charge in [0.2, 0.25) is 11.6 Å². The molecule has 10 nitrogen and oxygen atoms in total. The lowest BCUT2D eigenvalue weighted by Crippen LogP contribution is -2.02. The first-order valence-corrected chi connectivity index (χ1v) is 11.6. The van der Waals surface area contributed by atoms with Crippen LogP contribution in [0.15, 0.2) is 65.0 Å². The molecule has 0 saturated carbocycles. The molecule has 35 heavy (non-hydrogen) atoms. The molecule has 0 spiro atoms. The third kappa shape index (κ3) is 4.68. The largest absolute Gasteiger partial charge is 0.497 e. The van der Waals surface area contributed by atoms with Gasteiger partial charge in [-0.2, -0.15) is 4.98 Å². The van der Waals surface area contributed by atoms with Crippen LogP contribution in [-0.4, -0.2) is 43.4 Å². The SMILES string of the molecule is COc1cc(Nc2nc(-c3ccc(Sc4nccn4C)c(Cl)c3)cn3nc(N)nc23)cc(OC)c1. The molecule has 0 aliphatic rings. The van der Waals surface area contributed by atoms with Crippen molar-refractivity contribution < 1.29 is 9.47 Å². The van der Waals surface area contributed by atoms with E-state index in [1.54, 1.807) is 37.2 Å². The van der Waals surface area contributed by atoms with Crippen molar-refractivity contribution in [2.45, 2.75) is 10.1 Å². The summed E-state index contributed by atoms with van der Waals surface area (Å²) < 4.78 is 14.3. The summed E-state index contributed by atoms with van der Waals surface area (Å²) in [6.07, 6.45) is 5.40. The van der Waals surface area contributed by atoms with Gasteiger partial charge in [0.25, 0.3) is 0 Å². The van der Waals surface area contributed by atoms with Crippen molar-refractivity contribution in [1.29, 1.82) is 0 Å².